The number of nitrogens with one attached hydrogen (secondary N) is 1. The monoisotopic (exact) mass is 336 g/mol. The maximum absolute atomic E-state index is 9.61. The van der Waals surface area contributed by atoms with Crippen LogP contribution in [0.25, 0.3) is 6.08 Å². The van der Waals surface area contributed by atoms with E-state index in [1.165, 1.54) is 5.56 Å². The fourth-order valence-electron chi connectivity index (χ4n) is 2.64. The van der Waals surface area contributed by atoms with Crippen LogP contribution in [0.3, 0.4) is 0 Å². The van der Waals surface area contributed by atoms with Gasteiger partial charge in [-0.2, -0.15) is 11.3 Å². The molecule has 1 aromatic carbocycles. The van der Waals surface area contributed by atoms with Crippen molar-refractivity contribution >= 4 is 29.4 Å². The van der Waals surface area contributed by atoms with Crippen LogP contribution in [0.5, 0.6) is 5.75 Å². The molecular weight excluding hydrogens is 316 g/mol. The number of thiophene rings is 1. The van der Waals surface area contributed by atoms with E-state index in [4.69, 9.17) is 0 Å². The predicted octanol–water partition coefficient (Wildman–Crippen LogP) is 5.52. The van der Waals surface area contributed by atoms with Crippen LogP contribution in [0.4, 0.5) is 5.82 Å². The normalized spacial score (nSPS) is 12.5. The molecular formula is C20H20N2OS. The molecule has 0 spiro atoms. The molecule has 0 aliphatic heterocycles. The highest BCUT2D eigenvalue weighted by Crippen LogP contribution is 2.27. The summed E-state index contributed by atoms with van der Waals surface area (Å²) in [6, 6.07) is 9.43. The third-order valence-corrected chi connectivity index (χ3v) is 4.69. The van der Waals surface area contributed by atoms with Crippen molar-refractivity contribution < 1.29 is 5.11 Å². The number of hydrogen-bond acceptors (Lipinski definition) is 3. The Hall–Kier alpha value is -2.59. The Morgan fingerprint density at radius 2 is 2.25 bits per heavy atom. The van der Waals surface area contributed by atoms with Crippen LogP contribution >= 0.6 is 11.3 Å². The minimum absolute atomic E-state index is 0.270. The molecule has 122 valence electrons. The highest BCUT2D eigenvalue weighted by atomic mass is 32.1. The number of phenols is 1. The van der Waals surface area contributed by atoms with E-state index in [1.54, 1.807) is 23.5 Å². The molecule has 1 unspecified atom stereocenters. The molecule has 3 aromatic rings. The number of benzene rings is 1. The van der Waals surface area contributed by atoms with E-state index in [2.05, 4.69) is 40.3 Å². The summed E-state index contributed by atoms with van der Waals surface area (Å²) in [7, 11) is 0. The molecule has 2 heterocycles. The van der Waals surface area contributed by atoms with Crippen LogP contribution in [0.15, 0.2) is 58.9 Å². The van der Waals surface area contributed by atoms with E-state index < -0.39 is 0 Å². The van der Waals surface area contributed by atoms with Gasteiger partial charge in [-0.3, -0.25) is 0 Å². The van der Waals surface area contributed by atoms with E-state index in [1.807, 2.05) is 30.6 Å². The number of H-pyrrole nitrogens is 1. The number of aliphatic imine (C=N–C) groups is 1. The lowest BCUT2D eigenvalue weighted by molar-refractivity contribution is 0.474. The van der Waals surface area contributed by atoms with Crippen LogP contribution in [0.1, 0.15) is 35.1 Å². The molecule has 0 amide bonds. The summed E-state index contributed by atoms with van der Waals surface area (Å²) in [6.07, 6.45) is 6.47. The van der Waals surface area contributed by atoms with E-state index in [-0.39, 0.29) is 11.7 Å². The van der Waals surface area contributed by atoms with E-state index in [0.29, 0.717) is 0 Å². The quantitative estimate of drug-likeness (QED) is 0.572. The van der Waals surface area contributed by atoms with Gasteiger partial charge >= 0.3 is 0 Å². The summed E-state index contributed by atoms with van der Waals surface area (Å²) in [5.41, 5.74) is 4.45. The third kappa shape index (κ3) is 3.66. The Morgan fingerprint density at radius 1 is 1.38 bits per heavy atom. The SMILES string of the molecule is C=Cc1c(Cc2cccc(O)c2)c[nH]c1/N=C\C(C)c1ccsc1. The number of rotatable bonds is 6. The highest BCUT2D eigenvalue weighted by Gasteiger charge is 2.09. The zero-order valence-electron chi connectivity index (χ0n) is 13.6. The smallest absolute Gasteiger partial charge is 0.137 e. The number of phenolic OH excluding ortho intramolecular Hbond substituents is 1. The fourth-order valence-corrected chi connectivity index (χ4v) is 3.40. The maximum Gasteiger partial charge on any atom is 0.137 e. The van der Waals surface area contributed by atoms with Gasteiger partial charge in [0.05, 0.1) is 0 Å². The number of aromatic amines is 1. The Morgan fingerprint density at radius 3 is 2.96 bits per heavy atom. The Kier molecular flexibility index (Phi) is 4.96. The average molecular weight is 336 g/mol. The summed E-state index contributed by atoms with van der Waals surface area (Å²) in [6.45, 7) is 6.05. The summed E-state index contributed by atoms with van der Waals surface area (Å²) in [5, 5.41) is 13.8. The molecule has 0 bridgehead atoms. The second-order valence-corrected chi connectivity index (χ2v) is 6.53. The molecule has 0 radical (unpaired) electrons. The summed E-state index contributed by atoms with van der Waals surface area (Å²) >= 11 is 1.70. The van der Waals surface area contributed by atoms with Crippen LogP contribution < -0.4 is 0 Å². The molecule has 0 aliphatic carbocycles. The van der Waals surface area contributed by atoms with Crippen molar-refractivity contribution in [3.05, 3.63) is 76.1 Å². The first kappa shape index (κ1) is 16.3. The van der Waals surface area contributed by atoms with Gasteiger partial charge in [-0.1, -0.05) is 31.7 Å². The molecule has 24 heavy (non-hydrogen) atoms. The second-order valence-electron chi connectivity index (χ2n) is 5.75. The largest absolute Gasteiger partial charge is 0.508 e. The van der Waals surface area contributed by atoms with Gasteiger partial charge in [-0.15, -0.1) is 0 Å². The third-order valence-electron chi connectivity index (χ3n) is 3.99. The van der Waals surface area contributed by atoms with Gasteiger partial charge in [0.1, 0.15) is 11.6 Å². The maximum atomic E-state index is 9.61. The standard InChI is InChI=1S/C20H20N2OS/c1-3-19-17(9-15-5-4-6-18(23)10-15)12-22-20(19)21-11-14(2)16-7-8-24-13-16/h3-8,10-14,22-23H,1,9H2,2H3/b21-11-. The zero-order valence-corrected chi connectivity index (χ0v) is 14.4. The van der Waals surface area contributed by atoms with Crippen LogP contribution in [0, 0.1) is 0 Å². The lowest BCUT2D eigenvalue weighted by atomic mass is 10.0. The molecule has 0 saturated heterocycles. The van der Waals surface area contributed by atoms with Crippen LogP contribution in [0.2, 0.25) is 0 Å². The minimum Gasteiger partial charge on any atom is -0.508 e. The number of aromatic hydroxyl groups is 1. The van der Waals surface area contributed by atoms with Crippen LogP contribution in [-0.4, -0.2) is 16.3 Å². The van der Waals surface area contributed by atoms with E-state index >= 15 is 0 Å². The lowest BCUT2D eigenvalue weighted by Gasteiger charge is -2.03. The summed E-state index contributed by atoms with van der Waals surface area (Å²) in [4.78, 5) is 7.85. The molecule has 0 saturated carbocycles. The van der Waals surface area contributed by atoms with Crippen molar-refractivity contribution in [2.75, 3.05) is 0 Å². The van der Waals surface area contributed by atoms with Crippen molar-refractivity contribution in [2.45, 2.75) is 19.3 Å². The Bertz CT molecular complexity index is 846. The molecule has 2 aromatic heterocycles. The molecule has 4 heteroatoms. The first-order valence-corrected chi connectivity index (χ1v) is 8.78. The topological polar surface area (TPSA) is 48.4 Å². The second kappa shape index (κ2) is 7.32. The van der Waals surface area contributed by atoms with Crippen molar-refractivity contribution in [1.82, 2.24) is 4.98 Å². The van der Waals surface area contributed by atoms with Gasteiger partial charge in [0.2, 0.25) is 0 Å². The van der Waals surface area contributed by atoms with Gasteiger partial charge < -0.3 is 10.1 Å². The molecule has 2 N–H and O–H groups in total. The number of hydrogen-bond donors (Lipinski definition) is 2. The highest BCUT2D eigenvalue weighted by molar-refractivity contribution is 7.08. The van der Waals surface area contributed by atoms with Gasteiger partial charge in [-0.25, -0.2) is 4.99 Å². The number of aromatic nitrogens is 1. The average Bonchev–Trinajstić information content (AvgIpc) is 3.22. The van der Waals surface area contributed by atoms with Crippen LogP contribution in [-0.2, 0) is 6.42 Å². The van der Waals surface area contributed by atoms with Gasteiger partial charge in [-0.05, 0) is 52.1 Å². The van der Waals surface area contributed by atoms with E-state index in [0.717, 1.165) is 28.9 Å². The molecule has 3 rings (SSSR count). The number of nitrogens with zero attached hydrogens (tertiary/aromatic N) is 1. The van der Waals surface area contributed by atoms with Gasteiger partial charge in [0.15, 0.2) is 0 Å². The Balaban J connectivity index is 1.80. The summed E-state index contributed by atoms with van der Waals surface area (Å²) in [5.74, 6) is 1.37. The van der Waals surface area contributed by atoms with Gasteiger partial charge in [0.25, 0.3) is 0 Å². The van der Waals surface area contributed by atoms with Crippen molar-refractivity contribution in [2.24, 2.45) is 4.99 Å². The van der Waals surface area contributed by atoms with Gasteiger partial charge in [0, 0.05) is 23.9 Å². The zero-order chi connectivity index (χ0) is 16.9. The fraction of sp³-hybridized carbons (Fsp3) is 0.150. The first-order valence-electron chi connectivity index (χ1n) is 7.84. The molecule has 3 nitrogen and oxygen atoms in total. The van der Waals surface area contributed by atoms with Crippen molar-refractivity contribution in [3.8, 4) is 5.75 Å². The Labute approximate surface area is 146 Å². The van der Waals surface area contributed by atoms with E-state index in [9.17, 15) is 5.11 Å². The van der Waals surface area contributed by atoms with Crippen molar-refractivity contribution in [1.29, 1.82) is 0 Å². The molecule has 0 aliphatic rings. The minimum atomic E-state index is 0.270. The summed E-state index contributed by atoms with van der Waals surface area (Å²) < 4.78 is 0. The molecule has 0 fully saturated rings. The first-order chi connectivity index (χ1) is 11.7. The lowest BCUT2D eigenvalue weighted by Crippen LogP contribution is -1.92. The van der Waals surface area contributed by atoms with Crippen molar-refractivity contribution in [3.63, 3.8) is 0 Å². The predicted molar refractivity (Wildman–Crippen MR) is 103 cm³/mol. The molecule has 1 atom stereocenters.